The van der Waals surface area contributed by atoms with E-state index < -0.39 is 32.5 Å². The lowest BCUT2D eigenvalue weighted by Gasteiger charge is -2.18. The number of carbonyl (C=O) groups excluding carboxylic acids is 2. The van der Waals surface area contributed by atoms with E-state index in [4.69, 9.17) is 19.3 Å². The summed E-state index contributed by atoms with van der Waals surface area (Å²) >= 11 is 0. The molecule has 0 aromatic carbocycles. The van der Waals surface area contributed by atoms with E-state index in [0.29, 0.717) is 6.42 Å². The predicted octanol–water partition coefficient (Wildman–Crippen LogP) is 13.0. The third-order valence-electron chi connectivity index (χ3n) is 9.53. The highest BCUT2D eigenvalue weighted by Crippen LogP contribution is 2.36. The van der Waals surface area contributed by atoms with Crippen molar-refractivity contribution in [3.8, 4) is 0 Å². The molecule has 0 aliphatic rings. The molecule has 0 radical (unpaired) electrons. The van der Waals surface area contributed by atoms with Crippen LogP contribution in [0.4, 0.5) is 0 Å². The van der Waals surface area contributed by atoms with Crippen LogP contribution in [0.5, 0.6) is 0 Å². The molecule has 0 aliphatic carbocycles. The van der Waals surface area contributed by atoms with Crippen molar-refractivity contribution in [2.24, 2.45) is 0 Å². The summed E-state index contributed by atoms with van der Waals surface area (Å²) in [6.45, 7) is 3.70. The Kier molecular flexibility index (Phi) is 37.6. The summed E-state index contributed by atoms with van der Waals surface area (Å²) < 4.78 is 26.4. The summed E-state index contributed by atoms with van der Waals surface area (Å²) in [5.74, 6) is -0.882. The normalized spacial score (nSPS) is 12.5. The Labute approximate surface area is 314 Å². The van der Waals surface area contributed by atoms with Crippen LogP contribution in [0.25, 0.3) is 0 Å². The number of carbonyl (C=O) groups is 2. The molecule has 1 atom stereocenters. The van der Waals surface area contributed by atoms with Crippen LogP contribution in [0.3, 0.4) is 0 Å². The monoisotopic (exact) mass is 745 g/mol. The highest BCUT2D eigenvalue weighted by atomic mass is 31.2. The maximum atomic E-state index is 12.4. The molecule has 0 spiro atoms. The molecule has 0 aliphatic heterocycles. The van der Waals surface area contributed by atoms with Crippen LogP contribution in [0.15, 0.2) is 12.2 Å². The van der Waals surface area contributed by atoms with Gasteiger partial charge in [0.05, 0.1) is 6.61 Å². The highest BCUT2D eigenvalue weighted by molar-refractivity contribution is 7.46. The standard InChI is InChI=1S/C42H81O8P/c1-3-5-7-9-11-13-15-17-19-21-23-25-27-29-31-33-35-37-42(44)50-40(39-49-51(45,46)47)38-48-41(43)36-34-32-30-28-26-24-22-20-18-16-14-12-10-8-6-4-2/h20,22,40H,3-19,21,23-39H2,1-2H3,(H2,45,46,47)/b22-20-/t40-/m1/s1. The van der Waals surface area contributed by atoms with Crippen LogP contribution in [-0.2, 0) is 28.2 Å². The second-order valence-corrected chi connectivity index (χ2v) is 15.9. The molecular weight excluding hydrogens is 663 g/mol. The van der Waals surface area contributed by atoms with Gasteiger partial charge in [0.2, 0.25) is 0 Å². The van der Waals surface area contributed by atoms with Crippen molar-refractivity contribution in [1.82, 2.24) is 0 Å². The quantitative estimate of drug-likeness (QED) is 0.0275. The smallest absolute Gasteiger partial charge is 0.462 e. The van der Waals surface area contributed by atoms with Crippen LogP contribution in [-0.4, -0.2) is 41.0 Å². The Bertz CT molecular complexity index is 843. The number of phosphoric acid groups is 1. The molecule has 0 unspecified atom stereocenters. The Morgan fingerprint density at radius 1 is 0.490 bits per heavy atom. The predicted molar refractivity (Wildman–Crippen MR) is 212 cm³/mol. The summed E-state index contributed by atoms with van der Waals surface area (Å²) in [6, 6.07) is 0. The van der Waals surface area contributed by atoms with Gasteiger partial charge in [0.15, 0.2) is 6.10 Å². The van der Waals surface area contributed by atoms with Gasteiger partial charge in [-0.25, -0.2) is 4.57 Å². The highest BCUT2D eigenvalue weighted by Gasteiger charge is 2.22. The fourth-order valence-corrected chi connectivity index (χ4v) is 6.67. The van der Waals surface area contributed by atoms with Gasteiger partial charge < -0.3 is 19.3 Å². The molecular formula is C42H81O8P. The number of hydrogen-bond acceptors (Lipinski definition) is 6. The number of allylic oxidation sites excluding steroid dienone is 2. The molecule has 2 N–H and O–H groups in total. The molecule has 0 aromatic heterocycles. The lowest BCUT2D eigenvalue weighted by Crippen LogP contribution is -2.29. The molecule has 9 heteroatoms. The van der Waals surface area contributed by atoms with Crippen molar-refractivity contribution >= 4 is 19.8 Å². The van der Waals surface area contributed by atoms with Crippen molar-refractivity contribution in [3.05, 3.63) is 12.2 Å². The maximum Gasteiger partial charge on any atom is 0.469 e. The molecule has 0 aromatic rings. The van der Waals surface area contributed by atoms with Crippen molar-refractivity contribution in [1.29, 1.82) is 0 Å². The van der Waals surface area contributed by atoms with Crippen molar-refractivity contribution in [3.63, 3.8) is 0 Å². The summed E-state index contributed by atoms with van der Waals surface area (Å²) in [4.78, 5) is 42.8. The molecule has 0 fully saturated rings. The number of rotatable bonds is 40. The zero-order valence-corrected chi connectivity index (χ0v) is 34.2. The van der Waals surface area contributed by atoms with E-state index in [-0.39, 0.29) is 19.4 Å². The van der Waals surface area contributed by atoms with Crippen LogP contribution in [0.2, 0.25) is 0 Å². The first-order valence-corrected chi connectivity index (χ1v) is 23.0. The Hall–Kier alpha value is -1.21. The minimum absolute atomic E-state index is 0.216. The summed E-state index contributed by atoms with van der Waals surface area (Å²) in [6.07, 6.45) is 42.2. The van der Waals surface area contributed by atoms with E-state index in [1.54, 1.807) is 0 Å². The van der Waals surface area contributed by atoms with E-state index in [0.717, 1.165) is 57.8 Å². The van der Waals surface area contributed by atoms with Gasteiger partial charge in [0.25, 0.3) is 0 Å². The minimum atomic E-state index is -4.75. The van der Waals surface area contributed by atoms with Gasteiger partial charge in [0, 0.05) is 12.8 Å². The molecule has 0 rings (SSSR count). The van der Waals surface area contributed by atoms with E-state index in [9.17, 15) is 14.2 Å². The van der Waals surface area contributed by atoms with Gasteiger partial charge in [-0.05, 0) is 38.5 Å². The van der Waals surface area contributed by atoms with E-state index in [1.165, 1.54) is 135 Å². The van der Waals surface area contributed by atoms with Gasteiger partial charge in [0.1, 0.15) is 6.61 Å². The average Bonchev–Trinajstić information content (AvgIpc) is 3.10. The SMILES string of the molecule is CCCCCCCCC/C=C\CCCCCCCC(=O)OC[C@H](COP(=O)(O)O)OC(=O)CCCCCCCCCCCCCCCCCCC. The first-order chi connectivity index (χ1) is 24.8. The van der Waals surface area contributed by atoms with Crippen molar-refractivity contribution < 1.29 is 37.9 Å². The van der Waals surface area contributed by atoms with Crippen LogP contribution in [0, 0.1) is 0 Å². The molecule has 8 nitrogen and oxygen atoms in total. The van der Waals surface area contributed by atoms with E-state index in [1.807, 2.05) is 0 Å². The van der Waals surface area contributed by atoms with Crippen LogP contribution < -0.4 is 0 Å². The second kappa shape index (κ2) is 38.5. The zero-order valence-electron chi connectivity index (χ0n) is 33.3. The first-order valence-electron chi connectivity index (χ1n) is 21.5. The zero-order chi connectivity index (χ0) is 37.5. The number of esters is 2. The summed E-state index contributed by atoms with van der Waals surface area (Å²) in [5, 5.41) is 0. The van der Waals surface area contributed by atoms with Crippen molar-refractivity contribution in [2.45, 2.75) is 232 Å². The number of ether oxygens (including phenoxy) is 2. The van der Waals surface area contributed by atoms with Crippen molar-refractivity contribution in [2.75, 3.05) is 13.2 Å². The fourth-order valence-electron chi connectivity index (χ4n) is 6.31. The molecule has 0 saturated heterocycles. The average molecular weight is 745 g/mol. The number of hydrogen-bond donors (Lipinski definition) is 2. The van der Waals surface area contributed by atoms with Gasteiger partial charge in [-0.3, -0.25) is 14.1 Å². The van der Waals surface area contributed by atoms with Crippen LogP contribution in [0.1, 0.15) is 226 Å². The molecule has 302 valence electrons. The molecule has 0 saturated carbocycles. The van der Waals surface area contributed by atoms with Crippen LogP contribution >= 0.6 is 7.82 Å². The lowest BCUT2D eigenvalue weighted by molar-refractivity contribution is -0.161. The van der Waals surface area contributed by atoms with Gasteiger partial charge in [-0.1, -0.05) is 187 Å². The molecule has 0 bridgehead atoms. The van der Waals surface area contributed by atoms with Gasteiger partial charge in [-0.15, -0.1) is 0 Å². The van der Waals surface area contributed by atoms with E-state index in [2.05, 4.69) is 30.5 Å². The fraction of sp³-hybridized carbons (Fsp3) is 0.905. The third kappa shape index (κ3) is 41.4. The Balaban J connectivity index is 3.88. The first kappa shape index (κ1) is 49.8. The molecule has 0 heterocycles. The van der Waals surface area contributed by atoms with E-state index >= 15 is 0 Å². The largest absolute Gasteiger partial charge is 0.469 e. The lowest BCUT2D eigenvalue weighted by atomic mass is 10.0. The molecule has 0 amide bonds. The van der Waals surface area contributed by atoms with Gasteiger partial charge in [-0.2, -0.15) is 0 Å². The summed E-state index contributed by atoms with van der Waals surface area (Å²) in [7, 11) is -4.75. The topological polar surface area (TPSA) is 119 Å². The molecule has 51 heavy (non-hydrogen) atoms. The number of unbranched alkanes of at least 4 members (excludes halogenated alkanes) is 28. The Morgan fingerprint density at radius 3 is 1.20 bits per heavy atom. The Morgan fingerprint density at radius 2 is 0.824 bits per heavy atom. The maximum absolute atomic E-state index is 12.4. The number of phosphoric ester groups is 1. The third-order valence-corrected chi connectivity index (χ3v) is 10.0. The minimum Gasteiger partial charge on any atom is -0.462 e. The van der Waals surface area contributed by atoms with Gasteiger partial charge >= 0.3 is 19.8 Å². The second-order valence-electron chi connectivity index (χ2n) is 14.7. The summed E-state index contributed by atoms with van der Waals surface area (Å²) in [5.41, 5.74) is 0.